The van der Waals surface area contributed by atoms with Gasteiger partial charge in [-0.15, -0.1) is 0 Å². The number of nitro groups is 1. The van der Waals surface area contributed by atoms with Crippen LogP contribution in [0.1, 0.15) is 0 Å². The maximum Gasteiger partial charge on any atom is 0.324 e. The summed E-state index contributed by atoms with van der Waals surface area (Å²) in [6.07, 6.45) is 0. The fraction of sp³-hybridized carbons (Fsp3) is 0.188. The molecule has 0 heterocycles. The molecule has 0 atom stereocenters. The Balaban J connectivity index is 2.64. The summed E-state index contributed by atoms with van der Waals surface area (Å²) in [5.41, 5.74) is -0.486. The number of anilines is 1. The lowest BCUT2D eigenvalue weighted by atomic mass is 10.2. The molecule has 0 unspecified atom stereocenters. The molecule has 0 aromatic heterocycles. The van der Waals surface area contributed by atoms with E-state index in [0.717, 1.165) is 18.2 Å². The zero-order valence-electron chi connectivity index (χ0n) is 14.4. The molecule has 0 radical (unpaired) electrons. The first-order chi connectivity index (χ1) is 12.7. The summed E-state index contributed by atoms with van der Waals surface area (Å²) in [7, 11) is -1.74. The average molecular weight is 396 g/mol. The van der Waals surface area contributed by atoms with Gasteiger partial charge in [-0.3, -0.25) is 19.2 Å². The fourth-order valence-electron chi connectivity index (χ4n) is 2.30. The highest BCUT2D eigenvalue weighted by Gasteiger charge is 2.30. The molecule has 0 aliphatic carbocycles. The SMILES string of the molecule is COc1ccc(N(CC(=O)O)S(=O)(=O)c2cccc([N+](=O)[O-])c2)c(OC)c1. The van der Waals surface area contributed by atoms with Crippen molar-refractivity contribution in [3.8, 4) is 11.5 Å². The quantitative estimate of drug-likeness (QED) is 0.528. The maximum atomic E-state index is 13.0. The first-order valence-corrected chi connectivity index (χ1v) is 8.85. The summed E-state index contributed by atoms with van der Waals surface area (Å²) in [5.74, 6) is -0.981. The molecule has 0 saturated carbocycles. The van der Waals surface area contributed by atoms with Gasteiger partial charge in [0.2, 0.25) is 0 Å². The van der Waals surface area contributed by atoms with Gasteiger partial charge in [0.25, 0.3) is 15.7 Å². The van der Waals surface area contributed by atoms with Gasteiger partial charge in [0.15, 0.2) is 0 Å². The Labute approximate surface area is 154 Å². The second-order valence-electron chi connectivity index (χ2n) is 5.20. The van der Waals surface area contributed by atoms with Crippen LogP contribution in [0, 0.1) is 10.1 Å². The molecule has 2 aromatic rings. The molecular weight excluding hydrogens is 380 g/mol. The minimum absolute atomic E-state index is 0.0489. The Kier molecular flexibility index (Phi) is 5.85. The number of hydrogen-bond donors (Lipinski definition) is 1. The largest absolute Gasteiger partial charge is 0.497 e. The lowest BCUT2D eigenvalue weighted by Gasteiger charge is -2.24. The van der Waals surface area contributed by atoms with Gasteiger partial charge in [-0.2, -0.15) is 0 Å². The predicted octanol–water partition coefficient (Wildman–Crippen LogP) is 1.89. The van der Waals surface area contributed by atoms with Crippen LogP contribution in [-0.2, 0) is 14.8 Å². The Morgan fingerprint density at radius 1 is 1.19 bits per heavy atom. The van der Waals surface area contributed by atoms with Crippen LogP contribution in [0.5, 0.6) is 11.5 Å². The van der Waals surface area contributed by atoms with E-state index in [9.17, 15) is 28.4 Å². The van der Waals surface area contributed by atoms with Gasteiger partial charge in [-0.05, 0) is 18.2 Å². The van der Waals surface area contributed by atoms with E-state index in [-0.39, 0.29) is 11.4 Å². The van der Waals surface area contributed by atoms with E-state index in [1.54, 1.807) is 0 Å². The van der Waals surface area contributed by atoms with Crippen molar-refractivity contribution in [1.82, 2.24) is 0 Å². The lowest BCUT2D eigenvalue weighted by molar-refractivity contribution is -0.385. The van der Waals surface area contributed by atoms with Gasteiger partial charge in [-0.1, -0.05) is 6.07 Å². The molecule has 0 aliphatic heterocycles. The number of benzene rings is 2. The number of non-ortho nitro benzene ring substituents is 1. The Bertz CT molecular complexity index is 974. The zero-order valence-corrected chi connectivity index (χ0v) is 15.2. The van der Waals surface area contributed by atoms with Crippen LogP contribution in [0.2, 0.25) is 0 Å². The van der Waals surface area contributed by atoms with Crippen LogP contribution in [0.4, 0.5) is 11.4 Å². The minimum Gasteiger partial charge on any atom is -0.497 e. The van der Waals surface area contributed by atoms with Crippen LogP contribution in [0.15, 0.2) is 47.4 Å². The Morgan fingerprint density at radius 3 is 2.44 bits per heavy atom. The van der Waals surface area contributed by atoms with E-state index in [4.69, 9.17) is 9.47 Å². The van der Waals surface area contributed by atoms with E-state index in [2.05, 4.69) is 0 Å². The van der Waals surface area contributed by atoms with Gasteiger partial charge in [0.1, 0.15) is 18.0 Å². The van der Waals surface area contributed by atoms with Gasteiger partial charge >= 0.3 is 5.97 Å². The standard InChI is InChI=1S/C16H16N2O8S/c1-25-12-6-7-14(15(9-12)26-2)17(10-16(19)20)27(23,24)13-5-3-4-11(8-13)18(21)22/h3-9H,10H2,1-2H3,(H,19,20). The molecule has 144 valence electrons. The van der Waals surface area contributed by atoms with Crippen molar-refractivity contribution in [2.24, 2.45) is 0 Å². The van der Waals surface area contributed by atoms with Crippen molar-refractivity contribution in [1.29, 1.82) is 0 Å². The maximum absolute atomic E-state index is 13.0. The second kappa shape index (κ2) is 7.91. The zero-order chi connectivity index (χ0) is 20.2. The van der Waals surface area contributed by atoms with Gasteiger partial charge in [-0.25, -0.2) is 8.42 Å². The van der Waals surface area contributed by atoms with Crippen molar-refractivity contribution >= 4 is 27.4 Å². The molecule has 0 saturated heterocycles. The summed E-state index contributed by atoms with van der Waals surface area (Å²) in [5, 5.41) is 20.1. The normalized spacial score (nSPS) is 10.9. The number of aliphatic carboxylic acids is 1. The van der Waals surface area contributed by atoms with Crippen LogP contribution in [0.25, 0.3) is 0 Å². The fourth-order valence-corrected chi connectivity index (χ4v) is 3.76. The van der Waals surface area contributed by atoms with Crippen molar-refractivity contribution in [3.63, 3.8) is 0 Å². The molecule has 0 amide bonds. The number of sulfonamides is 1. The summed E-state index contributed by atoms with van der Waals surface area (Å²) >= 11 is 0. The molecule has 0 fully saturated rings. The number of methoxy groups -OCH3 is 2. The van der Waals surface area contributed by atoms with Gasteiger partial charge in [0.05, 0.1) is 29.7 Å². The number of carboxylic acids is 1. The van der Waals surface area contributed by atoms with E-state index in [0.29, 0.717) is 10.1 Å². The molecule has 27 heavy (non-hydrogen) atoms. The molecule has 2 rings (SSSR count). The molecule has 0 aliphatic rings. The number of rotatable bonds is 8. The van der Waals surface area contributed by atoms with Crippen LogP contribution in [-0.4, -0.2) is 45.2 Å². The van der Waals surface area contributed by atoms with E-state index in [1.807, 2.05) is 0 Å². The minimum atomic E-state index is -4.43. The van der Waals surface area contributed by atoms with Crippen LogP contribution >= 0.6 is 0 Å². The van der Waals surface area contributed by atoms with Gasteiger partial charge < -0.3 is 14.6 Å². The molecular formula is C16H16N2O8S. The van der Waals surface area contributed by atoms with Crippen LogP contribution < -0.4 is 13.8 Å². The second-order valence-corrected chi connectivity index (χ2v) is 7.06. The van der Waals surface area contributed by atoms with E-state index in [1.165, 1.54) is 38.5 Å². The molecule has 11 heteroatoms. The average Bonchev–Trinajstić information content (AvgIpc) is 2.65. The highest BCUT2D eigenvalue weighted by molar-refractivity contribution is 7.92. The Morgan fingerprint density at radius 2 is 1.89 bits per heavy atom. The highest BCUT2D eigenvalue weighted by atomic mass is 32.2. The number of ether oxygens (including phenoxy) is 2. The summed E-state index contributed by atoms with van der Waals surface area (Å²) in [6.45, 7) is -0.909. The molecule has 1 N–H and O–H groups in total. The number of nitrogens with zero attached hydrogens (tertiary/aromatic N) is 2. The van der Waals surface area contributed by atoms with Crippen LogP contribution in [0.3, 0.4) is 0 Å². The molecule has 10 nitrogen and oxygen atoms in total. The highest BCUT2D eigenvalue weighted by Crippen LogP contribution is 2.35. The monoisotopic (exact) mass is 396 g/mol. The third kappa shape index (κ3) is 4.26. The van der Waals surface area contributed by atoms with Crippen molar-refractivity contribution in [2.45, 2.75) is 4.90 Å². The summed E-state index contributed by atoms with van der Waals surface area (Å²) in [4.78, 5) is 21.1. The van der Waals surface area contributed by atoms with Crippen molar-refractivity contribution in [3.05, 3.63) is 52.6 Å². The third-order valence-corrected chi connectivity index (χ3v) is 5.31. The van der Waals surface area contributed by atoms with E-state index < -0.39 is 38.0 Å². The smallest absolute Gasteiger partial charge is 0.324 e. The molecule has 0 bridgehead atoms. The predicted molar refractivity (Wildman–Crippen MR) is 94.8 cm³/mol. The van der Waals surface area contributed by atoms with Gasteiger partial charge in [0, 0.05) is 18.2 Å². The number of carboxylic acid groups (broad SMARTS) is 1. The molecule has 2 aromatic carbocycles. The van der Waals surface area contributed by atoms with Crippen molar-refractivity contribution < 1.29 is 32.7 Å². The summed E-state index contributed by atoms with van der Waals surface area (Å²) < 4.78 is 36.8. The number of nitro benzene ring substituents is 1. The third-order valence-electron chi connectivity index (χ3n) is 3.55. The number of carbonyl (C=O) groups is 1. The first-order valence-electron chi connectivity index (χ1n) is 7.41. The lowest BCUT2D eigenvalue weighted by Crippen LogP contribution is -2.36. The van der Waals surface area contributed by atoms with Crippen molar-refractivity contribution in [2.75, 3.05) is 25.1 Å². The number of hydrogen-bond acceptors (Lipinski definition) is 7. The molecule has 0 spiro atoms. The topological polar surface area (TPSA) is 136 Å². The Hall–Kier alpha value is -3.34. The van der Waals surface area contributed by atoms with E-state index >= 15 is 0 Å². The first kappa shape index (κ1) is 20.0. The summed E-state index contributed by atoms with van der Waals surface area (Å²) in [6, 6.07) is 8.51.